The SMILES string of the molecule is C/C(=N/NC(=O)C[C@H]1CCS(=O)(=O)C1)c1ccc2c(c1)Nc1ccccc1S2. The smallest absolute Gasteiger partial charge is 0.240 e. The molecule has 1 fully saturated rings. The Kier molecular flexibility index (Phi) is 5.16. The third-order valence-corrected chi connectivity index (χ3v) is 7.91. The summed E-state index contributed by atoms with van der Waals surface area (Å²) in [5.41, 5.74) is 6.25. The minimum atomic E-state index is -2.97. The molecule has 0 radical (unpaired) electrons. The van der Waals surface area contributed by atoms with Crippen LogP contribution in [0.15, 0.2) is 57.4 Å². The molecule has 0 spiro atoms. The number of amides is 1. The number of sulfone groups is 1. The van der Waals surface area contributed by atoms with Gasteiger partial charge in [0, 0.05) is 16.2 Å². The van der Waals surface area contributed by atoms with E-state index in [2.05, 4.69) is 21.9 Å². The lowest BCUT2D eigenvalue weighted by Crippen LogP contribution is -2.22. The largest absolute Gasteiger partial charge is 0.354 e. The van der Waals surface area contributed by atoms with E-state index in [4.69, 9.17) is 0 Å². The molecular weight excluding hydrogens is 394 g/mol. The number of nitrogens with one attached hydrogen (secondary N) is 2. The van der Waals surface area contributed by atoms with E-state index in [1.807, 2.05) is 43.3 Å². The van der Waals surface area contributed by atoms with Crippen LogP contribution in [-0.2, 0) is 14.6 Å². The van der Waals surface area contributed by atoms with Crippen LogP contribution in [0.25, 0.3) is 0 Å². The van der Waals surface area contributed by atoms with Crippen molar-refractivity contribution < 1.29 is 13.2 Å². The summed E-state index contributed by atoms with van der Waals surface area (Å²) in [6, 6.07) is 14.2. The van der Waals surface area contributed by atoms with E-state index < -0.39 is 9.84 Å². The molecule has 6 nitrogen and oxygen atoms in total. The minimum Gasteiger partial charge on any atom is -0.354 e. The van der Waals surface area contributed by atoms with Crippen LogP contribution in [0.5, 0.6) is 0 Å². The van der Waals surface area contributed by atoms with Gasteiger partial charge in [-0.05, 0) is 49.1 Å². The molecule has 28 heavy (non-hydrogen) atoms. The fourth-order valence-electron chi connectivity index (χ4n) is 3.42. The molecular formula is C20H21N3O3S2. The fraction of sp³-hybridized carbons (Fsp3) is 0.300. The van der Waals surface area contributed by atoms with Gasteiger partial charge < -0.3 is 5.32 Å². The predicted octanol–water partition coefficient (Wildman–Crippen LogP) is 3.56. The molecule has 1 amide bonds. The third kappa shape index (κ3) is 4.23. The fourth-order valence-corrected chi connectivity index (χ4v) is 6.25. The summed E-state index contributed by atoms with van der Waals surface area (Å²) in [6.45, 7) is 1.84. The lowest BCUT2D eigenvalue weighted by molar-refractivity contribution is -0.121. The zero-order valence-corrected chi connectivity index (χ0v) is 17.1. The summed E-state index contributed by atoms with van der Waals surface area (Å²) in [5.74, 6) is -0.0810. The molecule has 0 aromatic heterocycles. The van der Waals surface area contributed by atoms with E-state index in [9.17, 15) is 13.2 Å². The van der Waals surface area contributed by atoms with Crippen molar-refractivity contribution >= 4 is 44.6 Å². The van der Waals surface area contributed by atoms with E-state index >= 15 is 0 Å². The number of para-hydroxylation sites is 1. The quantitative estimate of drug-likeness (QED) is 0.503. The Hall–Kier alpha value is -2.32. The number of nitrogens with zero attached hydrogens (tertiary/aromatic N) is 1. The highest BCUT2D eigenvalue weighted by Crippen LogP contribution is 2.44. The molecule has 1 saturated heterocycles. The third-order valence-electron chi connectivity index (χ3n) is 4.92. The summed E-state index contributed by atoms with van der Waals surface area (Å²) in [5, 5.41) is 7.64. The van der Waals surface area contributed by atoms with Gasteiger partial charge in [0.1, 0.15) is 0 Å². The number of carbonyl (C=O) groups excluding carboxylic acids is 1. The normalized spacial score (nSPS) is 20.0. The molecule has 2 aliphatic heterocycles. The Morgan fingerprint density at radius 3 is 2.79 bits per heavy atom. The molecule has 2 aromatic carbocycles. The Morgan fingerprint density at radius 2 is 2.00 bits per heavy atom. The second-order valence-electron chi connectivity index (χ2n) is 7.14. The van der Waals surface area contributed by atoms with E-state index in [0.29, 0.717) is 12.1 Å². The van der Waals surface area contributed by atoms with E-state index in [1.54, 1.807) is 11.8 Å². The van der Waals surface area contributed by atoms with Crippen LogP contribution >= 0.6 is 11.8 Å². The molecule has 2 aliphatic rings. The summed E-state index contributed by atoms with van der Waals surface area (Å²) in [7, 11) is -2.97. The summed E-state index contributed by atoms with van der Waals surface area (Å²) >= 11 is 1.72. The Morgan fingerprint density at radius 1 is 1.21 bits per heavy atom. The maximum Gasteiger partial charge on any atom is 0.240 e. The topological polar surface area (TPSA) is 87.6 Å². The van der Waals surface area contributed by atoms with Crippen molar-refractivity contribution in [2.45, 2.75) is 29.6 Å². The first-order valence-electron chi connectivity index (χ1n) is 9.11. The lowest BCUT2D eigenvalue weighted by Gasteiger charge is -2.21. The van der Waals surface area contributed by atoms with Crippen molar-refractivity contribution in [3.05, 3.63) is 48.0 Å². The molecule has 4 rings (SSSR count). The molecule has 0 bridgehead atoms. The molecule has 0 aliphatic carbocycles. The van der Waals surface area contributed by atoms with Gasteiger partial charge in [0.2, 0.25) is 5.91 Å². The van der Waals surface area contributed by atoms with Crippen molar-refractivity contribution in [3.63, 3.8) is 0 Å². The van der Waals surface area contributed by atoms with Gasteiger partial charge in [-0.25, -0.2) is 13.8 Å². The van der Waals surface area contributed by atoms with Crippen LogP contribution in [-0.4, -0.2) is 31.5 Å². The Bertz CT molecular complexity index is 1060. The van der Waals surface area contributed by atoms with Crippen molar-refractivity contribution in [2.75, 3.05) is 16.8 Å². The molecule has 2 aromatic rings. The molecule has 146 valence electrons. The first-order valence-corrected chi connectivity index (χ1v) is 11.8. The predicted molar refractivity (Wildman–Crippen MR) is 112 cm³/mol. The van der Waals surface area contributed by atoms with Crippen LogP contribution < -0.4 is 10.7 Å². The van der Waals surface area contributed by atoms with Gasteiger partial charge in [0.15, 0.2) is 9.84 Å². The van der Waals surface area contributed by atoms with Crippen molar-refractivity contribution in [3.8, 4) is 0 Å². The van der Waals surface area contributed by atoms with Crippen LogP contribution in [0.4, 0.5) is 11.4 Å². The number of anilines is 2. The highest BCUT2D eigenvalue weighted by atomic mass is 32.2. The first kappa shape index (κ1) is 19.0. The van der Waals surface area contributed by atoms with Gasteiger partial charge in [0.05, 0.1) is 28.6 Å². The molecule has 0 saturated carbocycles. The molecule has 8 heteroatoms. The zero-order chi connectivity index (χ0) is 19.7. The van der Waals surface area contributed by atoms with Crippen LogP contribution in [0.3, 0.4) is 0 Å². The average Bonchev–Trinajstić information content (AvgIpc) is 3.02. The maximum atomic E-state index is 12.1. The second kappa shape index (κ2) is 7.60. The Balaban J connectivity index is 1.41. The lowest BCUT2D eigenvalue weighted by atomic mass is 10.1. The number of benzene rings is 2. The molecule has 2 heterocycles. The zero-order valence-electron chi connectivity index (χ0n) is 15.4. The van der Waals surface area contributed by atoms with Gasteiger partial charge in [-0.3, -0.25) is 4.79 Å². The van der Waals surface area contributed by atoms with Crippen molar-refractivity contribution in [1.29, 1.82) is 0 Å². The number of rotatable bonds is 4. The van der Waals surface area contributed by atoms with Gasteiger partial charge in [-0.2, -0.15) is 5.10 Å². The van der Waals surface area contributed by atoms with E-state index in [1.165, 1.54) is 4.90 Å². The minimum absolute atomic E-state index is 0.0960. The standard InChI is InChI=1S/C20H21N3O3S2/c1-13(22-23-20(24)10-14-8-9-28(25,26)12-14)15-6-7-19-17(11-15)21-16-4-2-3-5-18(16)27-19/h2-7,11,14,21H,8-10,12H2,1H3,(H,23,24)/b22-13-/t14-/m1/s1. The second-order valence-corrected chi connectivity index (χ2v) is 10.5. The number of carbonyl (C=O) groups is 1. The molecule has 2 N–H and O–H groups in total. The first-order chi connectivity index (χ1) is 13.4. The number of hydrazone groups is 1. The highest BCUT2D eigenvalue weighted by Gasteiger charge is 2.29. The average molecular weight is 416 g/mol. The van der Waals surface area contributed by atoms with E-state index in [-0.39, 0.29) is 29.8 Å². The summed E-state index contributed by atoms with van der Waals surface area (Å²) in [4.78, 5) is 14.4. The maximum absolute atomic E-state index is 12.1. The number of fused-ring (bicyclic) bond motifs is 2. The Labute approximate surface area is 168 Å². The monoisotopic (exact) mass is 415 g/mol. The van der Waals surface area contributed by atoms with Gasteiger partial charge in [-0.1, -0.05) is 30.0 Å². The van der Waals surface area contributed by atoms with Crippen molar-refractivity contribution in [1.82, 2.24) is 5.43 Å². The summed E-state index contributed by atoms with van der Waals surface area (Å²) in [6.07, 6.45) is 0.739. The molecule has 1 atom stereocenters. The summed E-state index contributed by atoms with van der Waals surface area (Å²) < 4.78 is 23.0. The number of hydrogen-bond acceptors (Lipinski definition) is 6. The van der Waals surface area contributed by atoms with Crippen LogP contribution in [0, 0.1) is 5.92 Å². The number of hydrogen-bond donors (Lipinski definition) is 2. The highest BCUT2D eigenvalue weighted by molar-refractivity contribution is 7.99. The van der Waals surface area contributed by atoms with Crippen LogP contribution in [0.2, 0.25) is 0 Å². The molecule has 0 unspecified atom stereocenters. The van der Waals surface area contributed by atoms with E-state index in [0.717, 1.165) is 21.8 Å². The van der Waals surface area contributed by atoms with Gasteiger partial charge in [0.25, 0.3) is 0 Å². The van der Waals surface area contributed by atoms with Crippen LogP contribution in [0.1, 0.15) is 25.3 Å². The van der Waals surface area contributed by atoms with Gasteiger partial charge >= 0.3 is 0 Å². The van der Waals surface area contributed by atoms with Gasteiger partial charge in [-0.15, -0.1) is 0 Å². The van der Waals surface area contributed by atoms with Crippen molar-refractivity contribution in [2.24, 2.45) is 11.0 Å².